The van der Waals surface area contributed by atoms with Crippen LogP contribution in [0.15, 0.2) is 18.3 Å². The molecular weight excluding hydrogens is 562 g/mol. The van der Waals surface area contributed by atoms with Crippen LogP contribution < -0.4 is 15.0 Å². The Labute approximate surface area is 248 Å². The number of aromatic nitrogens is 3. The van der Waals surface area contributed by atoms with Gasteiger partial charge in [0, 0.05) is 54.9 Å². The first-order valence-corrected chi connectivity index (χ1v) is 15.6. The van der Waals surface area contributed by atoms with E-state index in [0.717, 1.165) is 57.3 Å². The standard InChI is InChI=1S/C31H35ClF2N6O2/c1-16-7-21(16)25-22(8-20(41)9-24(25)32)27-26(34)28-23(11-35-27)29(39-13-18-3-4-19(14-39)36-18)38-30(37-28)42-15-31-5-2-6-40(31)12-17(33)10-31/h8-9,11,16-19,21,36,41H,2-7,10,12-15H2,1H3/t16-,17+,18-,19+,21-,31-/m0/s1. The summed E-state index contributed by atoms with van der Waals surface area (Å²) in [6.07, 6.45) is 6.18. The zero-order chi connectivity index (χ0) is 28.7. The summed E-state index contributed by atoms with van der Waals surface area (Å²) in [5, 5.41) is 15.0. The number of halogens is 3. The highest BCUT2D eigenvalue weighted by Crippen LogP contribution is 2.53. The lowest BCUT2D eigenvalue weighted by atomic mass is 9.95. The molecule has 0 radical (unpaired) electrons. The molecule has 4 aliphatic heterocycles. The first kappa shape index (κ1) is 26.8. The number of alkyl halides is 1. The van der Waals surface area contributed by atoms with Crippen LogP contribution in [0, 0.1) is 11.7 Å². The van der Waals surface area contributed by atoms with Crippen LogP contribution in [0.1, 0.15) is 56.9 Å². The molecule has 3 aromatic rings. The summed E-state index contributed by atoms with van der Waals surface area (Å²) < 4.78 is 37.3. The van der Waals surface area contributed by atoms with Crippen molar-refractivity contribution in [2.45, 2.75) is 75.2 Å². The zero-order valence-electron chi connectivity index (χ0n) is 23.6. The highest BCUT2D eigenvalue weighted by Gasteiger charge is 2.49. The molecule has 8 rings (SSSR count). The molecule has 6 atom stereocenters. The number of nitrogens with one attached hydrogen (secondary N) is 1. The minimum absolute atomic E-state index is 0.0415. The lowest BCUT2D eigenvalue weighted by Crippen LogP contribution is -2.51. The van der Waals surface area contributed by atoms with Gasteiger partial charge in [0.05, 0.1) is 10.9 Å². The lowest BCUT2D eigenvalue weighted by Gasteiger charge is -2.34. The van der Waals surface area contributed by atoms with Gasteiger partial charge in [-0.25, -0.2) is 8.78 Å². The average molecular weight is 597 g/mol. The van der Waals surface area contributed by atoms with Crippen molar-refractivity contribution >= 4 is 28.3 Å². The van der Waals surface area contributed by atoms with Gasteiger partial charge >= 0.3 is 6.01 Å². The van der Waals surface area contributed by atoms with Gasteiger partial charge in [0.25, 0.3) is 0 Å². The van der Waals surface area contributed by atoms with E-state index >= 15 is 4.39 Å². The summed E-state index contributed by atoms with van der Waals surface area (Å²) in [7, 11) is 0. The van der Waals surface area contributed by atoms with Gasteiger partial charge in [-0.3, -0.25) is 9.88 Å². The van der Waals surface area contributed by atoms with Crippen molar-refractivity contribution in [2.75, 3.05) is 37.7 Å². The van der Waals surface area contributed by atoms with Crippen LogP contribution in [-0.2, 0) is 0 Å². The summed E-state index contributed by atoms with van der Waals surface area (Å²) in [5.74, 6) is 0.564. The molecule has 4 saturated heterocycles. The summed E-state index contributed by atoms with van der Waals surface area (Å²) >= 11 is 6.60. The highest BCUT2D eigenvalue weighted by atomic mass is 35.5. The maximum absolute atomic E-state index is 16.7. The largest absolute Gasteiger partial charge is 0.508 e. The van der Waals surface area contributed by atoms with E-state index in [9.17, 15) is 9.50 Å². The molecule has 1 aromatic carbocycles. The number of piperazine rings is 1. The number of anilines is 1. The number of nitrogens with zero attached hydrogens (tertiary/aromatic N) is 5. The van der Waals surface area contributed by atoms with Crippen molar-refractivity contribution in [1.82, 2.24) is 25.2 Å². The predicted molar refractivity (Wildman–Crippen MR) is 157 cm³/mol. The van der Waals surface area contributed by atoms with Gasteiger partial charge < -0.3 is 20.1 Å². The zero-order valence-corrected chi connectivity index (χ0v) is 24.4. The molecule has 5 fully saturated rings. The fourth-order valence-electron chi connectivity index (χ4n) is 8.03. The van der Waals surface area contributed by atoms with Gasteiger partial charge in [0.2, 0.25) is 0 Å². The summed E-state index contributed by atoms with van der Waals surface area (Å²) in [6.45, 7) is 5.17. The molecule has 0 spiro atoms. The van der Waals surface area contributed by atoms with Crippen LogP contribution in [0.2, 0.25) is 5.02 Å². The molecule has 11 heteroatoms. The normalized spacial score (nSPS) is 32.1. The monoisotopic (exact) mass is 596 g/mol. The fraction of sp³-hybridized carbons (Fsp3) is 0.581. The van der Waals surface area contributed by atoms with Gasteiger partial charge in [-0.1, -0.05) is 18.5 Å². The number of benzene rings is 1. The molecular formula is C31H35ClF2N6O2. The second kappa shape index (κ2) is 9.86. The number of fused-ring (bicyclic) bond motifs is 4. The van der Waals surface area contributed by atoms with E-state index in [1.807, 2.05) is 0 Å². The quantitative estimate of drug-likeness (QED) is 0.401. The van der Waals surface area contributed by atoms with E-state index in [4.69, 9.17) is 21.3 Å². The van der Waals surface area contributed by atoms with E-state index in [1.165, 1.54) is 6.07 Å². The van der Waals surface area contributed by atoms with Crippen molar-refractivity contribution in [3.05, 3.63) is 34.7 Å². The lowest BCUT2D eigenvalue weighted by molar-refractivity contribution is 0.107. The van der Waals surface area contributed by atoms with Crippen molar-refractivity contribution in [3.8, 4) is 23.0 Å². The molecule has 5 aliphatic rings. The molecule has 2 N–H and O–H groups in total. The van der Waals surface area contributed by atoms with Gasteiger partial charge in [-0.05, 0) is 68.2 Å². The Balaban J connectivity index is 1.23. The Hall–Kier alpha value is -2.82. The number of rotatable bonds is 6. The number of pyridine rings is 1. The van der Waals surface area contributed by atoms with Crippen LogP contribution in [0.5, 0.6) is 11.8 Å². The van der Waals surface area contributed by atoms with Crippen LogP contribution in [-0.4, -0.2) is 81.5 Å². The minimum Gasteiger partial charge on any atom is -0.508 e. The number of phenols is 1. The molecule has 0 unspecified atom stereocenters. The third kappa shape index (κ3) is 4.40. The third-order valence-corrected chi connectivity index (χ3v) is 10.6. The van der Waals surface area contributed by atoms with Crippen molar-refractivity contribution < 1.29 is 18.6 Å². The van der Waals surface area contributed by atoms with Gasteiger partial charge in [0.1, 0.15) is 35.6 Å². The summed E-state index contributed by atoms with van der Waals surface area (Å²) in [5.41, 5.74) is 1.14. The Morgan fingerprint density at radius 2 is 1.98 bits per heavy atom. The number of aromatic hydroxyl groups is 1. The maximum atomic E-state index is 16.7. The van der Waals surface area contributed by atoms with E-state index in [1.54, 1.807) is 12.3 Å². The second-order valence-corrected chi connectivity index (χ2v) is 13.5. The molecule has 42 heavy (non-hydrogen) atoms. The molecule has 6 heterocycles. The Kier molecular flexibility index (Phi) is 6.28. The van der Waals surface area contributed by atoms with E-state index < -0.39 is 12.0 Å². The molecule has 0 amide bonds. The predicted octanol–water partition coefficient (Wildman–Crippen LogP) is 5.21. The first-order valence-electron chi connectivity index (χ1n) is 15.2. The maximum Gasteiger partial charge on any atom is 0.319 e. The summed E-state index contributed by atoms with van der Waals surface area (Å²) in [6, 6.07) is 3.83. The molecule has 1 saturated carbocycles. The van der Waals surface area contributed by atoms with Crippen molar-refractivity contribution in [3.63, 3.8) is 0 Å². The average Bonchev–Trinajstić information content (AvgIpc) is 3.22. The number of phenolic OH excluding ortho intramolecular Hbond substituents is 1. The molecule has 1 aliphatic carbocycles. The highest BCUT2D eigenvalue weighted by molar-refractivity contribution is 6.32. The molecule has 2 bridgehead atoms. The topological polar surface area (TPSA) is 86.6 Å². The Morgan fingerprint density at radius 1 is 1.19 bits per heavy atom. The van der Waals surface area contributed by atoms with Crippen LogP contribution >= 0.6 is 11.6 Å². The van der Waals surface area contributed by atoms with Crippen LogP contribution in [0.3, 0.4) is 0 Å². The SMILES string of the molecule is C[C@H]1C[C@@H]1c1c(Cl)cc(O)cc1-c1ncc2c(N3C[C@H]4CC[C@@H](C3)N4)nc(OC[C@@]34CCCN3C[C@H](F)C4)nc2c1F. The number of hydrogen-bond acceptors (Lipinski definition) is 8. The van der Waals surface area contributed by atoms with E-state index in [2.05, 4.69) is 32.0 Å². The van der Waals surface area contributed by atoms with Gasteiger partial charge in [-0.15, -0.1) is 0 Å². The Morgan fingerprint density at radius 3 is 2.74 bits per heavy atom. The van der Waals surface area contributed by atoms with Crippen molar-refractivity contribution in [2.24, 2.45) is 5.92 Å². The molecule has 8 nitrogen and oxygen atoms in total. The third-order valence-electron chi connectivity index (χ3n) is 10.2. The Bertz CT molecular complexity index is 1560. The van der Waals surface area contributed by atoms with Crippen molar-refractivity contribution in [1.29, 1.82) is 0 Å². The number of hydrogen-bond donors (Lipinski definition) is 2. The smallest absolute Gasteiger partial charge is 0.319 e. The first-order chi connectivity index (χ1) is 20.3. The van der Waals surface area contributed by atoms with Gasteiger partial charge in [0.15, 0.2) is 5.82 Å². The number of ether oxygens (including phenoxy) is 1. The van der Waals surface area contributed by atoms with Crippen LogP contribution in [0.25, 0.3) is 22.2 Å². The van der Waals surface area contributed by atoms with E-state index in [-0.39, 0.29) is 41.0 Å². The van der Waals surface area contributed by atoms with Gasteiger partial charge in [-0.2, -0.15) is 9.97 Å². The molecule has 2 aromatic heterocycles. The van der Waals surface area contributed by atoms with E-state index in [0.29, 0.717) is 52.8 Å². The van der Waals surface area contributed by atoms with Crippen LogP contribution in [0.4, 0.5) is 14.6 Å². The minimum atomic E-state index is -0.873. The second-order valence-electron chi connectivity index (χ2n) is 13.1. The molecule has 222 valence electrons. The summed E-state index contributed by atoms with van der Waals surface area (Å²) in [4.78, 5) is 18.4. The fourth-order valence-corrected chi connectivity index (χ4v) is 8.39.